The van der Waals surface area contributed by atoms with Crippen molar-refractivity contribution >= 4 is 45.7 Å². The molecule has 30 heavy (non-hydrogen) atoms. The zero-order valence-corrected chi connectivity index (χ0v) is 16.6. The number of carbonyl (C=O) groups is 2. The molecule has 0 aliphatic carbocycles. The van der Waals surface area contributed by atoms with Gasteiger partial charge < -0.3 is 15.1 Å². The summed E-state index contributed by atoms with van der Waals surface area (Å²) in [6.07, 6.45) is 7.42. The molecule has 2 aromatic rings. The Morgan fingerprint density at radius 1 is 1.33 bits per heavy atom. The van der Waals surface area contributed by atoms with Gasteiger partial charge in [-0.25, -0.2) is 14.7 Å². The first-order valence-electron chi connectivity index (χ1n) is 9.49. The molecule has 3 aliphatic heterocycles. The Morgan fingerprint density at radius 3 is 2.83 bits per heavy atom. The van der Waals surface area contributed by atoms with Crippen molar-refractivity contribution in [3.05, 3.63) is 36.2 Å². The third-order valence-corrected chi connectivity index (χ3v) is 6.37. The number of hydrogen-bond donors (Lipinski definition) is 1. The van der Waals surface area contributed by atoms with Gasteiger partial charge in [0.25, 0.3) is 5.91 Å². The molecule has 1 aromatic carbocycles. The molecule has 3 saturated heterocycles. The van der Waals surface area contributed by atoms with Crippen LogP contribution < -0.4 is 10.2 Å². The van der Waals surface area contributed by atoms with Crippen LogP contribution in [-0.4, -0.2) is 63.0 Å². The number of pyridine rings is 1. The first-order valence-corrected chi connectivity index (χ1v) is 9.89. The number of nitrogens with zero attached hydrogens (tertiary/aromatic N) is 5. The summed E-state index contributed by atoms with van der Waals surface area (Å²) in [4.78, 5) is 35.7. The normalized spacial score (nSPS) is 24.2. The maximum absolute atomic E-state index is 13.4. The zero-order valence-electron chi connectivity index (χ0n) is 15.8. The summed E-state index contributed by atoms with van der Waals surface area (Å²) in [6, 6.07) is 7.98. The maximum atomic E-state index is 13.4. The topological polar surface area (TPSA) is 92.6 Å². The van der Waals surface area contributed by atoms with Crippen molar-refractivity contribution in [2.45, 2.75) is 24.5 Å². The van der Waals surface area contributed by atoms with E-state index in [4.69, 9.17) is 18.6 Å². The SMILES string of the molecule is C#CCNC(=S)N1CC2CC1[C@H]1C(=O)N(c3cnc(C#N)c4ccccc34)C(=O)N21. The highest BCUT2D eigenvalue weighted by molar-refractivity contribution is 7.80. The fourth-order valence-electron chi connectivity index (χ4n) is 4.79. The van der Waals surface area contributed by atoms with Crippen LogP contribution in [0.2, 0.25) is 0 Å². The average Bonchev–Trinajstić information content (AvgIpc) is 3.43. The van der Waals surface area contributed by atoms with Crippen LogP contribution in [0.15, 0.2) is 30.5 Å². The lowest BCUT2D eigenvalue weighted by Crippen LogP contribution is -2.56. The van der Waals surface area contributed by atoms with Crippen LogP contribution in [0.4, 0.5) is 10.5 Å². The van der Waals surface area contributed by atoms with Crippen LogP contribution in [-0.2, 0) is 4.79 Å². The lowest BCUT2D eigenvalue weighted by molar-refractivity contribution is -0.120. The highest BCUT2D eigenvalue weighted by Crippen LogP contribution is 2.43. The second-order valence-corrected chi connectivity index (χ2v) is 7.82. The monoisotopic (exact) mass is 416 g/mol. The van der Waals surface area contributed by atoms with Gasteiger partial charge in [-0.1, -0.05) is 30.2 Å². The highest BCUT2D eigenvalue weighted by Gasteiger charge is 2.62. The van der Waals surface area contributed by atoms with Gasteiger partial charge in [-0.05, 0) is 18.6 Å². The van der Waals surface area contributed by atoms with Crippen molar-refractivity contribution in [3.63, 3.8) is 0 Å². The van der Waals surface area contributed by atoms with E-state index in [2.05, 4.69) is 22.3 Å². The Kier molecular flexibility index (Phi) is 4.09. The number of hydrogen-bond acceptors (Lipinski definition) is 5. The number of nitrogens with one attached hydrogen (secondary N) is 1. The summed E-state index contributed by atoms with van der Waals surface area (Å²) in [5.74, 6) is 2.19. The Balaban J connectivity index is 1.52. The lowest BCUT2D eigenvalue weighted by Gasteiger charge is -2.36. The van der Waals surface area contributed by atoms with E-state index in [1.54, 1.807) is 29.2 Å². The molecule has 3 amide bonds. The molecular weight excluding hydrogens is 400 g/mol. The third-order valence-electron chi connectivity index (χ3n) is 5.99. The van der Waals surface area contributed by atoms with Gasteiger partial charge in [-0.2, -0.15) is 5.26 Å². The number of aromatic nitrogens is 1. The molecule has 5 rings (SSSR count). The van der Waals surface area contributed by atoms with E-state index in [0.29, 0.717) is 41.1 Å². The second-order valence-electron chi connectivity index (χ2n) is 7.43. The summed E-state index contributed by atoms with van der Waals surface area (Å²) in [7, 11) is 0. The number of imide groups is 1. The van der Waals surface area contributed by atoms with Gasteiger partial charge in [0.1, 0.15) is 17.8 Å². The average molecular weight is 416 g/mol. The van der Waals surface area contributed by atoms with E-state index in [-0.39, 0.29) is 29.7 Å². The van der Waals surface area contributed by atoms with Gasteiger partial charge in [0.2, 0.25) is 0 Å². The number of piperazine rings is 1. The Hall–Kier alpha value is -3.69. The summed E-state index contributed by atoms with van der Waals surface area (Å²) >= 11 is 5.44. The van der Waals surface area contributed by atoms with Crippen LogP contribution in [0, 0.1) is 23.7 Å². The smallest absolute Gasteiger partial charge is 0.332 e. The third kappa shape index (κ3) is 2.39. The number of urea groups is 1. The first kappa shape index (κ1) is 18.3. The molecule has 1 N–H and O–H groups in total. The molecular formula is C21H16N6O2S. The van der Waals surface area contributed by atoms with Crippen molar-refractivity contribution in [2.75, 3.05) is 18.0 Å². The molecule has 3 atom stereocenters. The molecule has 1 aromatic heterocycles. The molecule has 148 valence electrons. The predicted molar refractivity (Wildman–Crippen MR) is 113 cm³/mol. The van der Waals surface area contributed by atoms with E-state index in [0.717, 1.165) is 0 Å². The lowest BCUT2D eigenvalue weighted by atomic mass is 10.1. The van der Waals surface area contributed by atoms with E-state index in [1.165, 1.54) is 11.1 Å². The summed E-state index contributed by atoms with van der Waals surface area (Å²) in [6.45, 7) is 0.875. The van der Waals surface area contributed by atoms with Crippen LogP contribution in [0.3, 0.4) is 0 Å². The minimum absolute atomic E-state index is 0.0929. The fraction of sp³-hybridized carbons (Fsp3) is 0.286. The van der Waals surface area contributed by atoms with E-state index in [9.17, 15) is 14.9 Å². The number of anilines is 1. The summed E-state index contributed by atoms with van der Waals surface area (Å²) in [5, 5.41) is 14.1. The Labute approximate surface area is 178 Å². The minimum atomic E-state index is -0.601. The predicted octanol–water partition coefficient (Wildman–Crippen LogP) is 1.21. The van der Waals surface area contributed by atoms with Gasteiger partial charge in [0, 0.05) is 17.3 Å². The van der Waals surface area contributed by atoms with Gasteiger partial charge >= 0.3 is 6.03 Å². The quantitative estimate of drug-likeness (QED) is 0.447. The molecule has 2 unspecified atom stereocenters. The van der Waals surface area contributed by atoms with Crippen molar-refractivity contribution in [2.24, 2.45) is 0 Å². The van der Waals surface area contributed by atoms with E-state index < -0.39 is 6.04 Å². The molecule has 0 spiro atoms. The second kappa shape index (κ2) is 6.68. The fourth-order valence-corrected chi connectivity index (χ4v) is 5.07. The van der Waals surface area contributed by atoms with Crippen molar-refractivity contribution in [1.29, 1.82) is 5.26 Å². The molecule has 4 heterocycles. The number of benzene rings is 1. The van der Waals surface area contributed by atoms with E-state index >= 15 is 0 Å². The largest absolute Gasteiger partial charge is 0.352 e. The molecule has 3 fully saturated rings. The Bertz CT molecular complexity index is 1200. The van der Waals surface area contributed by atoms with Gasteiger partial charge in [-0.15, -0.1) is 6.42 Å². The first-order chi connectivity index (χ1) is 14.6. The van der Waals surface area contributed by atoms with Gasteiger partial charge in [0.15, 0.2) is 5.11 Å². The number of fused-ring (bicyclic) bond motifs is 6. The standard InChI is InChI=1S/C21H16N6O2S/c1-2-7-23-20(30)25-11-12-8-16(25)18-19(28)27(21(29)26(12)18)17-10-24-15(9-22)13-5-3-4-6-14(13)17/h1,3-6,10,12,16,18H,7-8,11H2,(H,23,30)/t12?,16?,18-/m0/s1. The van der Waals surface area contributed by atoms with Crippen molar-refractivity contribution in [1.82, 2.24) is 20.1 Å². The molecule has 9 heteroatoms. The van der Waals surface area contributed by atoms with Crippen LogP contribution >= 0.6 is 12.2 Å². The summed E-state index contributed by atoms with van der Waals surface area (Å²) in [5.41, 5.74) is 0.651. The minimum Gasteiger partial charge on any atom is -0.352 e. The highest BCUT2D eigenvalue weighted by atomic mass is 32.1. The zero-order chi connectivity index (χ0) is 21.0. The molecule has 2 bridgehead atoms. The number of carbonyl (C=O) groups excluding carboxylic acids is 2. The Morgan fingerprint density at radius 2 is 2.10 bits per heavy atom. The number of nitriles is 1. The van der Waals surface area contributed by atoms with Crippen LogP contribution in [0.1, 0.15) is 12.1 Å². The number of thiocarbonyl (C=S) groups is 1. The van der Waals surface area contributed by atoms with Crippen LogP contribution in [0.25, 0.3) is 10.8 Å². The van der Waals surface area contributed by atoms with Crippen LogP contribution in [0.5, 0.6) is 0 Å². The van der Waals surface area contributed by atoms with Gasteiger partial charge in [0.05, 0.1) is 30.5 Å². The van der Waals surface area contributed by atoms with E-state index in [1.807, 2.05) is 4.90 Å². The number of likely N-dealkylation sites (tertiary alicyclic amines) is 1. The number of rotatable bonds is 2. The van der Waals surface area contributed by atoms with Crippen molar-refractivity contribution in [3.8, 4) is 18.4 Å². The molecule has 8 nitrogen and oxygen atoms in total. The van der Waals surface area contributed by atoms with Crippen molar-refractivity contribution < 1.29 is 9.59 Å². The molecule has 3 aliphatic rings. The summed E-state index contributed by atoms with van der Waals surface area (Å²) < 4.78 is 0. The molecule has 0 saturated carbocycles. The number of terminal acetylenes is 1. The maximum Gasteiger partial charge on any atom is 0.332 e. The number of amides is 3. The van der Waals surface area contributed by atoms with Gasteiger partial charge in [-0.3, -0.25) is 4.79 Å². The molecule has 0 radical (unpaired) electrons.